The van der Waals surface area contributed by atoms with Crippen LogP contribution in [0.2, 0.25) is 0 Å². The van der Waals surface area contributed by atoms with Crippen LogP contribution in [0.1, 0.15) is 10.4 Å². The number of carbonyl (C=O) groups is 2. The molecule has 0 aliphatic carbocycles. The molecule has 0 aromatic heterocycles. The SMILES string of the molecule is CN1CC(=O)NC(=O)c2ccccc21. The lowest BCUT2D eigenvalue weighted by atomic mass is 10.1. The molecule has 0 unspecified atom stereocenters. The van der Waals surface area contributed by atoms with Crippen LogP contribution in [0.15, 0.2) is 24.3 Å². The standard InChI is InChI=1S/C10H10N2O2/c1-12-6-9(13)11-10(14)7-4-2-3-5-8(7)12/h2-5H,6H2,1H3,(H,11,13,14). The molecule has 1 heterocycles. The number of rotatable bonds is 0. The van der Waals surface area contributed by atoms with Crippen molar-refractivity contribution in [3.05, 3.63) is 29.8 Å². The zero-order valence-electron chi connectivity index (χ0n) is 7.78. The number of benzene rings is 1. The van der Waals surface area contributed by atoms with Crippen LogP contribution in [0.5, 0.6) is 0 Å². The van der Waals surface area contributed by atoms with Gasteiger partial charge in [-0.2, -0.15) is 0 Å². The van der Waals surface area contributed by atoms with Crippen LogP contribution in [0, 0.1) is 0 Å². The largest absolute Gasteiger partial charge is 0.365 e. The van der Waals surface area contributed by atoms with Gasteiger partial charge in [-0.3, -0.25) is 14.9 Å². The molecule has 0 atom stereocenters. The molecule has 0 fully saturated rings. The van der Waals surface area contributed by atoms with Gasteiger partial charge in [-0.1, -0.05) is 12.1 Å². The van der Waals surface area contributed by atoms with Crippen molar-refractivity contribution in [1.82, 2.24) is 5.32 Å². The van der Waals surface area contributed by atoms with Gasteiger partial charge in [0.05, 0.1) is 12.1 Å². The maximum absolute atomic E-state index is 11.5. The van der Waals surface area contributed by atoms with Crippen LogP contribution < -0.4 is 10.2 Å². The van der Waals surface area contributed by atoms with Crippen LogP contribution >= 0.6 is 0 Å². The average Bonchev–Trinajstić information content (AvgIpc) is 2.26. The molecule has 0 saturated heterocycles. The number of para-hydroxylation sites is 1. The van der Waals surface area contributed by atoms with Crippen molar-refractivity contribution in [3.63, 3.8) is 0 Å². The summed E-state index contributed by atoms with van der Waals surface area (Å²) in [5.74, 6) is -0.594. The van der Waals surface area contributed by atoms with E-state index in [0.717, 1.165) is 5.69 Å². The van der Waals surface area contributed by atoms with Gasteiger partial charge in [0.25, 0.3) is 5.91 Å². The molecule has 2 rings (SSSR count). The summed E-state index contributed by atoms with van der Waals surface area (Å²) in [5.41, 5.74) is 1.33. The van der Waals surface area contributed by atoms with Crippen LogP contribution in [0.4, 0.5) is 5.69 Å². The third-order valence-electron chi connectivity index (χ3n) is 2.19. The summed E-state index contributed by atoms with van der Waals surface area (Å²) >= 11 is 0. The fourth-order valence-corrected chi connectivity index (χ4v) is 1.53. The Kier molecular flexibility index (Phi) is 1.96. The predicted molar refractivity (Wildman–Crippen MR) is 52.2 cm³/mol. The highest BCUT2D eigenvalue weighted by atomic mass is 16.2. The molecular formula is C10H10N2O2. The Balaban J connectivity index is 2.53. The Morgan fingerprint density at radius 1 is 1.29 bits per heavy atom. The lowest BCUT2D eigenvalue weighted by Gasteiger charge is -2.16. The van der Waals surface area contributed by atoms with E-state index in [1.165, 1.54) is 0 Å². The van der Waals surface area contributed by atoms with E-state index in [9.17, 15) is 9.59 Å². The maximum Gasteiger partial charge on any atom is 0.259 e. The molecule has 1 aliphatic rings. The van der Waals surface area contributed by atoms with Crippen molar-refractivity contribution >= 4 is 17.5 Å². The molecule has 1 N–H and O–H groups in total. The van der Waals surface area contributed by atoms with Gasteiger partial charge in [0.2, 0.25) is 5.91 Å². The summed E-state index contributed by atoms with van der Waals surface area (Å²) in [6.45, 7) is 0.211. The number of fused-ring (bicyclic) bond motifs is 1. The van der Waals surface area contributed by atoms with E-state index in [0.29, 0.717) is 5.56 Å². The number of imide groups is 1. The van der Waals surface area contributed by atoms with E-state index >= 15 is 0 Å². The van der Waals surface area contributed by atoms with Crippen molar-refractivity contribution in [1.29, 1.82) is 0 Å². The molecule has 1 aromatic rings. The Hall–Kier alpha value is -1.84. The smallest absolute Gasteiger partial charge is 0.259 e. The summed E-state index contributed by atoms with van der Waals surface area (Å²) in [7, 11) is 1.79. The highest BCUT2D eigenvalue weighted by molar-refractivity contribution is 6.10. The highest BCUT2D eigenvalue weighted by Gasteiger charge is 2.21. The first-order valence-electron chi connectivity index (χ1n) is 4.33. The number of amides is 2. The minimum Gasteiger partial charge on any atom is -0.365 e. The van der Waals surface area contributed by atoms with E-state index in [1.54, 1.807) is 24.1 Å². The molecule has 0 spiro atoms. The molecule has 72 valence electrons. The normalized spacial score (nSPS) is 15.9. The first-order valence-corrected chi connectivity index (χ1v) is 4.33. The average molecular weight is 190 g/mol. The second-order valence-electron chi connectivity index (χ2n) is 3.25. The Labute approximate surface area is 81.5 Å². The highest BCUT2D eigenvalue weighted by Crippen LogP contribution is 2.20. The zero-order valence-corrected chi connectivity index (χ0v) is 7.78. The van der Waals surface area contributed by atoms with Gasteiger partial charge in [0.1, 0.15) is 0 Å². The van der Waals surface area contributed by atoms with E-state index < -0.39 is 0 Å². The Bertz CT molecular complexity index is 401. The van der Waals surface area contributed by atoms with Gasteiger partial charge in [0.15, 0.2) is 0 Å². The summed E-state index contributed by atoms with van der Waals surface area (Å²) in [5, 5.41) is 2.31. The van der Waals surface area contributed by atoms with Crippen LogP contribution in [0.3, 0.4) is 0 Å². The number of likely N-dealkylation sites (N-methyl/N-ethyl adjacent to an activating group) is 1. The van der Waals surface area contributed by atoms with E-state index in [4.69, 9.17) is 0 Å². The first-order chi connectivity index (χ1) is 6.68. The molecule has 4 heteroatoms. The van der Waals surface area contributed by atoms with Gasteiger partial charge < -0.3 is 4.90 Å². The summed E-state index contributed by atoms with van der Waals surface area (Å²) in [6, 6.07) is 7.16. The minimum absolute atomic E-state index is 0.211. The second kappa shape index (κ2) is 3.14. The van der Waals surface area contributed by atoms with Crippen molar-refractivity contribution in [2.75, 3.05) is 18.5 Å². The molecule has 4 nitrogen and oxygen atoms in total. The van der Waals surface area contributed by atoms with Crippen LogP contribution in [-0.2, 0) is 4.79 Å². The summed E-state index contributed by atoms with van der Waals surface area (Å²) < 4.78 is 0. The molecule has 14 heavy (non-hydrogen) atoms. The summed E-state index contributed by atoms with van der Waals surface area (Å²) in [6.07, 6.45) is 0. The van der Waals surface area contributed by atoms with Gasteiger partial charge in [-0.15, -0.1) is 0 Å². The maximum atomic E-state index is 11.5. The number of carbonyl (C=O) groups excluding carboxylic acids is 2. The quantitative estimate of drug-likeness (QED) is 0.602. The number of nitrogens with one attached hydrogen (secondary N) is 1. The lowest BCUT2D eigenvalue weighted by Crippen LogP contribution is -2.34. The van der Waals surface area contributed by atoms with Crippen LogP contribution in [-0.4, -0.2) is 25.4 Å². The van der Waals surface area contributed by atoms with E-state index in [-0.39, 0.29) is 18.4 Å². The zero-order chi connectivity index (χ0) is 10.1. The Morgan fingerprint density at radius 2 is 2.00 bits per heavy atom. The molecular weight excluding hydrogens is 180 g/mol. The van der Waals surface area contributed by atoms with Gasteiger partial charge in [-0.25, -0.2) is 0 Å². The van der Waals surface area contributed by atoms with Crippen molar-refractivity contribution in [2.24, 2.45) is 0 Å². The van der Waals surface area contributed by atoms with Gasteiger partial charge >= 0.3 is 0 Å². The van der Waals surface area contributed by atoms with Crippen molar-refractivity contribution < 1.29 is 9.59 Å². The van der Waals surface area contributed by atoms with E-state index in [1.807, 2.05) is 12.1 Å². The number of hydrogen-bond acceptors (Lipinski definition) is 3. The van der Waals surface area contributed by atoms with Crippen molar-refractivity contribution in [3.8, 4) is 0 Å². The molecule has 0 saturated carbocycles. The van der Waals surface area contributed by atoms with E-state index in [2.05, 4.69) is 5.32 Å². The fraction of sp³-hybridized carbons (Fsp3) is 0.200. The molecule has 1 aliphatic heterocycles. The van der Waals surface area contributed by atoms with Crippen molar-refractivity contribution in [2.45, 2.75) is 0 Å². The third-order valence-corrected chi connectivity index (χ3v) is 2.19. The predicted octanol–water partition coefficient (Wildman–Crippen LogP) is 0.393. The number of nitrogens with zero attached hydrogens (tertiary/aromatic N) is 1. The third kappa shape index (κ3) is 1.35. The lowest BCUT2D eigenvalue weighted by molar-refractivity contribution is -0.118. The molecule has 0 bridgehead atoms. The molecule has 0 radical (unpaired) electrons. The number of anilines is 1. The topological polar surface area (TPSA) is 49.4 Å². The van der Waals surface area contributed by atoms with Crippen LogP contribution in [0.25, 0.3) is 0 Å². The van der Waals surface area contributed by atoms with Gasteiger partial charge in [0, 0.05) is 12.7 Å². The first kappa shape index (κ1) is 8.74. The molecule has 1 aromatic carbocycles. The Morgan fingerprint density at radius 3 is 2.79 bits per heavy atom. The molecule has 2 amide bonds. The monoisotopic (exact) mass is 190 g/mol. The number of hydrogen-bond donors (Lipinski definition) is 1. The van der Waals surface area contributed by atoms with Gasteiger partial charge in [-0.05, 0) is 12.1 Å². The fourth-order valence-electron chi connectivity index (χ4n) is 1.53. The minimum atomic E-state index is -0.324. The second-order valence-corrected chi connectivity index (χ2v) is 3.25. The summed E-state index contributed by atoms with van der Waals surface area (Å²) in [4.78, 5) is 24.5.